The van der Waals surface area contributed by atoms with Crippen LogP contribution in [-0.4, -0.2) is 32.0 Å². The number of hydrogen-bond acceptors (Lipinski definition) is 5. The summed E-state index contributed by atoms with van der Waals surface area (Å²) in [5, 5.41) is 3.04. The zero-order valence-electron chi connectivity index (χ0n) is 11.4. The van der Waals surface area contributed by atoms with E-state index in [1.165, 1.54) is 11.3 Å². The molecule has 0 amide bonds. The van der Waals surface area contributed by atoms with E-state index in [4.69, 9.17) is 0 Å². The third-order valence-corrected chi connectivity index (χ3v) is 5.96. The first-order valence-corrected chi connectivity index (χ1v) is 8.58. The standard InChI is InChI=1S/C12H18N4O2S2/c1-9(12-14-7-8-15-12)16-20(17,18)11-4-3-10(19-11)5-6-13-2/h3-4,7-9,13,16H,5-6H2,1-2H3,(H,14,15). The van der Waals surface area contributed by atoms with E-state index in [-0.39, 0.29) is 0 Å². The lowest BCUT2D eigenvalue weighted by Gasteiger charge is -2.10. The fraction of sp³-hybridized carbons (Fsp3) is 0.417. The van der Waals surface area contributed by atoms with E-state index in [1.54, 1.807) is 25.4 Å². The number of hydrogen-bond donors (Lipinski definition) is 3. The summed E-state index contributed by atoms with van der Waals surface area (Å²) in [6, 6.07) is 3.11. The van der Waals surface area contributed by atoms with Gasteiger partial charge in [-0.05, 0) is 39.1 Å². The number of likely N-dealkylation sites (N-methyl/N-ethyl adjacent to an activating group) is 1. The minimum Gasteiger partial charge on any atom is -0.347 e. The van der Waals surface area contributed by atoms with Gasteiger partial charge in [-0.15, -0.1) is 11.3 Å². The second-order valence-electron chi connectivity index (χ2n) is 4.39. The number of rotatable bonds is 7. The summed E-state index contributed by atoms with van der Waals surface area (Å²) in [5.41, 5.74) is 0. The minimum absolute atomic E-state index is 0.335. The fourth-order valence-corrected chi connectivity index (χ4v) is 4.33. The average molecular weight is 314 g/mol. The van der Waals surface area contributed by atoms with Crippen molar-refractivity contribution in [1.82, 2.24) is 20.0 Å². The Morgan fingerprint density at radius 2 is 2.25 bits per heavy atom. The van der Waals surface area contributed by atoms with Crippen LogP contribution in [0.15, 0.2) is 28.7 Å². The average Bonchev–Trinajstić information content (AvgIpc) is 3.07. The number of aromatic amines is 1. The Kier molecular flexibility index (Phi) is 4.92. The first-order valence-electron chi connectivity index (χ1n) is 6.28. The van der Waals surface area contributed by atoms with Crippen LogP contribution in [0.4, 0.5) is 0 Å². The van der Waals surface area contributed by atoms with Gasteiger partial charge < -0.3 is 10.3 Å². The van der Waals surface area contributed by atoms with Crippen molar-refractivity contribution >= 4 is 21.4 Å². The Balaban J connectivity index is 2.08. The van der Waals surface area contributed by atoms with E-state index in [1.807, 2.05) is 13.1 Å². The molecule has 0 aliphatic rings. The second-order valence-corrected chi connectivity index (χ2v) is 7.50. The molecule has 3 N–H and O–H groups in total. The lowest BCUT2D eigenvalue weighted by atomic mass is 10.3. The zero-order valence-corrected chi connectivity index (χ0v) is 13.0. The van der Waals surface area contributed by atoms with Gasteiger partial charge in [-0.2, -0.15) is 0 Å². The molecular weight excluding hydrogens is 296 g/mol. The van der Waals surface area contributed by atoms with Gasteiger partial charge in [0.1, 0.15) is 10.0 Å². The van der Waals surface area contributed by atoms with Crippen molar-refractivity contribution < 1.29 is 8.42 Å². The van der Waals surface area contributed by atoms with Crippen molar-refractivity contribution in [2.45, 2.75) is 23.6 Å². The molecule has 110 valence electrons. The van der Waals surface area contributed by atoms with Gasteiger partial charge in [-0.3, -0.25) is 0 Å². The normalized spacial score (nSPS) is 13.5. The molecule has 6 nitrogen and oxygen atoms in total. The Morgan fingerprint density at radius 1 is 1.45 bits per heavy atom. The van der Waals surface area contributed by atoms with Crippen LogP contribution in [0, 0.1) is 0 Å². The first kappa shape index (κ1) is 15.2. The van der Waals surface area contributed by atoms with Crippen LogP contribution in [-0.2, 0) is 16.4 Å². The summed E-state index contributed by atoms with van der Waals surface area (Å²) >= 11 is 1.30. The Hall–Kier alpha value is -1.22. The molecule has 0 fully saturated rings. The van der Waals surface area contributed by atoms with Crippen LogP contribution in [0.3, 0.4) is 0 Å². The highest BCUT2D eigenvalue weighted by molar-refractivity contribution is 7.91. The quantitative estimate of drug-likeness (QED) is 0.718. The number of nitrogens with one attached hydrogen (secondary N) is 3. The third-order valence-electron chi connectivity index (χ3n) is 2.78. The van der Waals surface area contributed by atoms with Crippen LogP contribution in [0.2, 0.25) is 0 Å². The molecule has 0 aliphatic heterocycles. The third kappa shape index (κ3) is 3.66. The Bertz CT molecular complexity index is 634. The molecule has 2 heterocycles. The topological polar surface area (TPSA) is 86.9 Å². The van der Waals surface area contributed by atoms with E-state index in [9.17, 15) is 8.42 Å². The largest absolute Gasteiger partial charge is 0.347 e. The van der Waals surface area contributed by atoms with E-state index in [0.29, 0.717) is 10.0 Å². The van der Waals surface area contributed by atoms with Gasteiger partial charge in [0.2, 0.25) is 0 Å². The Labute approximate surface area is 122 Å². The van der Waals surface area contributed by atoms with Crippen molar-refractivity contribution in [3.8, 4) is 0 Å². The molecule has 8 heteroatoms. The number of imidazole rings is 1. The molecule has 0 aromatic carbocycles. The van der Waals surface area contributed by atoms with Crippen molar-refractivity contribution in [1.29, 1.82) is 0 Å². The van der Waals surface area contributed by atoms with Gasteiger partial charge in [-0.25, -0.2) is 18.1 Å². The van der Waals surface area contributed by atoms with Crippen LogP contribution < -0.4 is 10.0 Å². The van der Waals surface area contributed by atoms with Gasteiger partial charge in [0.15, 0.2) is 0 Å². The molecule has 0 bridgehead atoms. The monoisotopic (exact) mass is 314 g/mol. The van der Waals surface area contributed by atoms with Gasteiger partial charge in [-0.1, -0.05) is 0 Å². The molecule has 0 saturated heterocycles. The maximum absolute atomic E-state index is 12.3. The summed E-state index contributed by atoms with van der Waals surface area (Å²) in [5.74, 6) is 0.598. The van der Waals surface area contributed by atoms with E-state index >= 15 is 0 Å². The zero-order chi connectivity index (χ0) is 14.6. The Morgan fingerprint density at radius 3 is 2.90 bits per heavy atom. The number of nitrogens with zero attached hydrogens (tertiary/aromatic N) is 1. The molecule has 1 atom stereocenters. The van der Waals surface area contributed by atoms with Crippen LogP contribution >= 0.6 is 11.3 Å². The van der Waals surface area contributed by atoms with E-state index in [2.05, 4.69) is 20.0 Å². The summed E-state index contributed by atoms with van der Waals surface area (Å²) in [6.07, 6.45) is 4.09. The van der Waals surface area contributed by atoms with E-state index < -0.39 is 16.1 Å². The molecule has 0 radical (unpaired) electrons. The molecule has 2 rings (SSSR count). The van der Waals surface area contributed by atoms with Crippen LogP contribution in [0.25, 0.3) is 0 Å². The molecule has 0 aliphatic carbocycles. The number of thiophene rings is 1. The number of sulfonamides is 1. The summed E-state index contributed by atoms with van der Waals surface area (Å²) < 4.78 is 27.5. The second kappa shape index (κ2) is 6.49. The van der Waals surface area contributed by atoms with Crippen molar-refractivity contribution in [3.63, 3.8) is 0 Å². The van der Waals surface area contributed by atoms with Gasteiger partial charge >= 0.3 is 0 Å². The van der Waals surface area contributed by atoms with Gasteiger partial charge in [0.05, 0.1) is 6.04 Å². The lowest BCUT2D eigenvalue weighted by molar-refractivity contribution is 0.563. The van der Waals surface area contributed by atoms with Gasteiger partial charge in [0, 0.05) is 17.3 Å². The summed E-state index contributed by atoms with van der Waals surface area (Å²) in [6.45, 7) is 2.59. The van der Waals surface area contributed by atoms with Crippen molar-refractivity contribution in [2.75, 3.05) is 13.6 Å². The SMILES string of the molecule is CNCCc1ccc(S(=O)(=O)NC(C)c2ncc[nH]2)s1. The van der Waals surface area contributed by atoms with Crippen LogP contribution in [0.5, 0.6) is 0 Å². The highest BCUT2D eigenvalue weighted by Gasteiger charge is 2.21. The number of H-pyrrole nitrogens is 1. The lowest BCUT2D eigenvalue weighted by Crippen LogP contribution is -2.26. The molecular formula is C12H18N4O2S2. The molecule has 2 aromatic rings. The minimum atomic E-state index is -3.50. The smallest absolute Gasteiger partial charge is 0.250 e. The van der Waals surface area contributed by atoms with Gasteiger partial charge in [0.25, 0.3) is 10.0 Å². The van der Waals surface area contributed by atoms with Crippen LogP contribution in [0.1, 0.15) is 23.7 Å². The molecule has 0 saturated carbocycles. The van der Waals surface area contributed by atoms with Crippen molar-refractivity contribution in [2.24, 2.45) is 0 Å². The predicted molar refractivity (Wildman–Crippen MR) is 79.3 cm³/mol. The molecule has 0 spiro atoms. The molecule has 20 heavy (non-hydrogen) atoms. The molecule has 1 unspecified atom stereocenters. The van der Waals surface area contributed by atoms with Crippen molar-refractivity contribution in [3.05, 3.63) is 35.2 Å². The fourth-order valence-electron chi connectivity index (χ4n) is 1.75. The summed E-state index contributed by atoms with van der Waals surface area (Å²) in [7, 11) is -1.63. The maximum atomic E-state index is 12.3. The molecule has 2 aromatic heterocycles. The highest BCUT2D eigenvalue weighted by atomic mass is 32.2. The number of aromatic nitrogens is 2. The maximum Gasteiger partial charge on any atom is 0.250 e. The predicted octanol–water partition coefficient (Wildman–Crippen LogP) is 1.27. The first-order chi connectivity index (χ1) is 9.53. The van der Waals surface area contributed by atoms with E-state index in [0.717, 1.165) is 17.8 Å². The summed E-state index contributed by atoms with van der Waals surface area (Å²) in [4.78, 5) is 8.00. The highest BCUT2D eigenvalue weighted by Crippen LogP contribution is 2.23.